The van der Waals surface area contributed by atoms with Crippen molar-refractivity contribution in [2.24, 2.45) is 5.92 Å². The largest absolute Gasteiger partial charge is 0.370 e. The fourth-order valence-corrected chi connectivity index (χ4v) is 3.40. The third kappa shape index (κ3) is 4.07. The smallest absolute Gasteiger partial charge is 0.288 e. The molecule has 1 saturated heterocycles. The second-order valence-corrected chi connectivity index (χ2v) is 5.97. The van der Waals surface area contributed by atoms with Gasteiger partial charge >= 0.3 is 0 Å². The van der Waals surface area contributed by atoms with Crippen LogP contribution in [0.4, 0.5) is 11.5 Å². The zero-order chi connectivity index (χ0) is 15.2. The molecule has 1 fully saturated rings. The number of carbonyl (C=O) groups is 1. The molecule has 0 radical (unpaired) electrons. The van der Waals surface area contributed by atoms with Gasteiger partial charge in [-0.15, -0.1) is 0 Å². The van der Waals surface area contributed by atoms with Crippen LogP contribution in [0.2, 0.25) is 0 Å². The predicted octanol–water partition coefficient (Wildman–Crippen LogP) is 1.90. The van der Waals surface area contributed by atoms with Gasteiger partial charge in [0.05, 0.1) is 10.5 Å². The molecule has 1 amide bonds. The summed E-state index contributed by atoms with van der Waals surface area (Å²) in [6, 6.07) is 1.27. The van der Waals surface area contributed by atoms with Crippen molar-refractivity contribution in [2.75, 3.05) is 29.9 Å². The number of thioether (sulfide) groups is 1. The van der Waals surface area contributed by atoms with Crippen LogP contribution in [0.15, 0.2) is 12.3 Å². The minimum Gasteiger partial charge on any atom is -0.370 e. The molecule has 21 heavy (non-hydrogen) atoms. The van der Waals surface area contributed by atoms with Gasteiger partial charge in [0.25, 0.3) is 11.6 Å². The first-order valence-electron chi connectivity index (χ1n) is 6.86. The van der Waals surface area contributed by atoms with E-state index in [-0.39, 0.29) is 17.2 Å². The molecule has 0 aliphatic carbocycles. The lowest BCUT2D eigenvalue weighted by atomic mass is 10.1. The summed E-state index contributed by atoms with van der Waals surface area (Å²) in [6.07, 6.45) is 2.25. The Kier molecular flexibility index (Phi) is 5.38. The van der Waals surface area contributed by atoms with Crippen molar-refractivity contribution in [3.8, 4) is 0 Å². The minimum absolute atomic E-state index is 0.182. The van der Waals surface area contributed by atoms with Crippen molar-refractivity contribution < 1.29 is 9.72 Å². The Morgan fingerprint density at radius 2 is 2.43 bits per heavy atom. The van der Waals surface area contributed by atoms with Gasteiger partial charge in [0.1, 0.15) is 12.0 Å². The number of amides is 1. The molecule has 1 aromatic rings. The fraction of sp³-hybridized carbons (Fsp3) is 0.538. The molecule has 2 heterocycles. The third-order valence-corrected chi connectivity index (χ3v) is 4.48. The van der Waals surface area contributed by atoms with Gasteiger partial charge in [-0.25, -0.2) is 4.98 Å². The van der Waals surface area contributed by atoms with Gasteiger partial charge in [-0.05, 0) is 30.8 Å². The van der Waals surface area contributed by atoms with Crippen molar-refractivity contribution in [1.82, 2.24) is 10.3 Å². The summed E-state index contributed by atoms with van der Waals surface area (Å²) >= 11 is 1.88. The van der Waals surface area contributed by atoms with Crippen molar-refractivity contribution in [3.05, 3.63) is 27.9 Å². The molecule has 0 aromatic carbocycles. The first-order valence-corrected chi connectivity index (χ1v) is 8.01. The lowest BCUT2D eigenvalue weighted by molar-refractivity contribution is -0.385. The van der Waals surface area contributed by atoms with Gasteiger partial charge < -0.3 is 10.6 Å². The molecule has 1 aromatic heterocycles. The normalized spacial score (nSPS) is 17.5. The molecule has 0 spiro atoms. The number of anilines is 1. The Hall–Kier alpha value is -1.83. The van der Waals surface area contributed by atoms with Gasteiger partial charge in [0, 0.05) is 19.2 Å². The van der Waals surface area contributed by atoms with Crippen LogP contribution in [-0.4, -0.2) is 40.4 Å². The van der Waals surface area contributed by atoms with Crippen LogP contribution in [0.25, 0.3) is 0 Å². The van der Waals surface area contributed by atoms with E-state index in [1.54, 1.807) is 0 Å². The molecule has 1 aliphatic rings. The molecule has 8 heteroatoms. The Labute approximate surface area is 127 Å². The second-order valence-electron chi connectivity index (χ2n) is 4.82. The van der Waals surface area contributed by atoms with Crippen molar-refractivity contribution in [2.45, 2.75) is 13.3 Å². The molecule has 0 bridgehead atoms. The highest BCUT2D eigenvalue weighted by atomic mass is 32.2. The second kappa shape index (κ2) is 7.26. The van der Waals surface area contributed by atoms with E-state index in [1.165, 1.54) is 6.07 Å². The Morgan fingerprint density at radius 1 is 1.62 bits per heavy atom. The fourth-order valence-electron chi connectivity index (χ4n) is 2.11. The number of carbonyl (C=O) groups excluding carboxylic acids is 1. The van der Waals surface area contributed by atoms with E-state index in [0.717, 1.165) is 24.1 Å². The standard InChI is InChI=1S/C13H18N4O3S/c1-2-14-12-11(5-10(7-15-12)17(19)20)13(18)16-6-9-3-4-21-8-9/h5,7,9H,2-4,6,8H2,1H3,(H,14,15)(H,16,18). The van der Waals surface area contributed by atoms with Crippen LogP contribution >= 0.6 is 11.8 Å². The Morgan fingerprint density at radius 3 is 3.05 bits per heavy atom. The SMILES string of the molecule is CCNc1ncc([N+](=O)[O-])cc1C(=O)NCC1CCSC1. The maximum Gasteiger partial charge on any atom is 0.288 e. The number of rotatable bonds is 6. The molecule has 114 valence electrons. The zero-order valence-electron chi connectivity index (χ0n) is 11.8. The number of pyridine rings is 1. The van der Waals surface area contributed by atoms with E-state index in [1.807, 2.05) is 18.7 Å². The van der Waals surface area contributed by atoms with Crippen LogP contribution in [0.3, 0.4) is 0 Å². The van der Waals surface area contributed by atoms with E-state index >= 15 is 0 Å². The van der Waals surface area contributed by atoms with Crippen LogP contribution in [0.5, 0.6) is 0 Å². The predicted molar refractivity (Wildman–Crippen MR) is 82.8 cm³/mol. The van der Waals surface area contributed by atoms with E-state index in [0.29, 0.717) is 24.8 Å². The zero-order valence-corrected chi connectivity index (χ0v) is 12.6. The minimum atomic E-state index is -0.548. The monoisotopic (exact) mass is 310 g/mol. The van der Waals surface area contributed by atoms with Crippen LogP contribution in [0.1, 0.15) is 23.7 Å². The third-order valence-electron chi connectivity index (χ3n) is 3.25. The molecular formula is C13H18N4O3S. The van der Waals surface area contributed by atoms with Crippen molar-refractivity contribution >= 4 is 29.2 Å². The van der Waals surface area contributed by atoms with Crippen molar-refractivity contribution in [1.29, 1.82) is 0 Å². The summed E-state index contributed by atoms with van der Waals surface area (Å²) in [5.74, 6) is 2.71. The quantitative estimate of drug-likeness (QED) is 0.615. The summed E-state index contributed by atoms with van der Waals surface area (Å²) < 4.78 is 0. The highest BCUT2D eigenvalue weighted by Gasteiger charge is 2.20. The van der Waals surface area contributed by atoms with Gasteiger partial charge in [0.2, 0.25) is 0 Å². The summed E-state index contributed by atoms with van der Waals surface area (Å²) in [4.78, 5) is 26.5. The lowest BCUT2D eigenvalue weighted by Gasteiger charge is -2.12. The van der Waals surface area contributed by atoms with E-state index in [9.17, 15) is 14.9 Å². The summed E-state index contributed by atoms with van der Waals surface area (Å²) in [5, 5.41) is 16.6. The number of nitro groups is 1. The summed E-state index contributed by atoms with van der Waals surface area (Å²) in [5.41, 5.74) is 0.0370. The van der Waals surface area contributed by atoms with Crippen LogP contribution in [-0.2, 0) is 0 Å². The number of nitrogens with one attached hydrogen (secondary N) is 2. The van der Waals surface area contributed by atoms with E-state index in [2.05, 4.69) is 15.6 Å². The molecule has 1 aliphatic heterocycles. The summed E-state index contributed by atoms with van der Waals surface area (Å²) in [6.45, 7) is 3.06. The number of hydrogen-bond acceptors (Lipinski definition) is 6. The first kappa shape index (κ1) is 15.6. The van der Waals surface area contributed by atoms with Crippen LogP contribution < -0.4 is 10.6 Å². The van der Waals surface area contributed by atoms with E-state index < -0.39 is 4.92 Å². The number of hydrogen-bond donors (Lipinski definition) is 2. The molecule has 0 saturated carbocycles. The average Bonchev–Trinajstić information content (AvgIpc) is 2.98. The Balaban J connectivity index is 2.11. The first-order chi connectivity index (χ1) is 10.1. The van der Waals surface area contributed by atoms with Gasteiger partial charge in [-0.3, -0.25) is 14.9 Å². The molecule has 1 unspecified atom stereocenters. The number of aromatic nitrogens is 1. The lowest BCUT2D eigenvalue weighted by Crippen LogP contribution is -2.30. The van der Waals surface area contributed by atoms with Gasteiger partial charge in [0.15, 0.2) is 0 Å². The Bertz CT molecular complexity index is 532. The topological polar surface area (TPSA) is 97.2 Å². The average molecular weight is 310 g/mol. The van der Waals surface area contributed by atoms with Crippen molar-refractivity contribution in [3.63, 3.8) is 0 Å². The maximum absolute atomic E-state index is 12.3. The maximum atomic E-state index is 12.3. The van der Waals surface area contributed by atoms with Crippen LogP contribution in [0, 0.1) is 16.0 Å². The van der Waals surface area contributed by atoms with Gasteiger partial charge in [-0.1, -0.05) is 0 Å². The highest BCUT2D eigenvalue weighted by molar-refractivity contribution is 7.99. The highest BCUT2D eigenvalue weighted by Crippen LogP contribution is 2.23. The number of nitrogens with zero attached hydrogens (tertiary/aromatic N) is 2. The molecule has 7 nitrogen and oxygen atoms in total. The molecular weight excluding hydrogens is 292 g/mol. The molecule has 2 rings (SSSR count). The summed E-state index contributed by atoms with van der Waals surface area (Å²) in [7, 11) is 0. The van der Waals surface area contributed by atoms with E-state index in [4.69, 9.17) is 0 Å². The molecule has 2 N–H and O–H groups in total. The molecule has 1 atom stereocenters. The van der Waals surface area contributed by atoms with Gasteiger partial charge in [-0.2, -0.15) is 11.8 Å².